The van der Waals surface area contributed by atoms with Gasteiger partial charge in [0.25, 0.3) is 5.91 Å². The Labute approximate surface area is 197 Å². The number of pyridine rings is 1. The summed E-state index contributed by atoms with van der Waals surface area (Å²) in [5.41, 5.74) is 1.72. The molecule has 11 heteroatoms. The van der Waals surface area contributed by atoms with Gasteiger partial charge in [-0.2, -0.15) is 16.1 Å². The number of aryl methyl sites for hydroxylation is 1. The van der Waals surface area contributed by atoms with Crippen molar-refractivity contribution in [3.05, 3.63) is 59.5 Å². The Kier molecular flexibility index (Phi) is 7.32. The number of sulfonamides is 1. The first kappa shape index (κ1) is 23.7. The Morgan fingerprint density at radius 1 is 1.21 bits per heavy atom. The lowest BCUT2D eigenvalue weighted by Crippen LogP contribution is -2.40. The number of amides is 1. The highest BCUT2D eigenvalue weighted by atomic mass is 32.2. The van der Waals surface area contributed by atoms with Gasteiger partial charge in [-0.1, -0.05) is 12.1 Å². The molecule has 9 nitrogen and oxygen atoms in total. The van der Waals surface area contributed by atoms with Crippen molar-refractivity contribution < 1.29 is 17.9 Å². The van der Waals surface area contributed by atoms with E-state index < -0.39 is 10.0 Å². The van der Waals surface area contributed by atoms with Gasteiger partial charge in [0.1, 0.15) is 0 Å². The summed E-state index contributed by atoms with van der Waals surface area (Å²) in [6.07, 6.45) is 4.53. The van der Waals surface area contributed by atoms with Crippen molar-refractivity contribution in [2.45, 2.75) is 24.3 Å². The van der Waals surface area contributed by atoms with E-state index in [-0.39, 0.29) is 16.8 Å². The van der Waals surface area contributed by atoms with Crippen molar-refractivity contribution in [3.8, 4) is 0 Å². The molecule has 0 radical (unpaired) electrons. The maximum absolute atomic E-state index is 13.3. The zero-order valence-electron chi connectivity index (χ0n) is 18.6. The van der Waals surface area contributed by atoms with Gasteiger partial charge in [-0.05, 0) is 55.2 Å². The zero-order chi connectivity index (χ0) is 23.4. The molecule has 1 atom stereocenters. The molecule has 3 aromatic rings. The van der Waals surface area contributed by atoms with E-state index in [1.807, 2.05) is 35.1 Å². The number of rotatable bonds is 8. The Morgan fingerprint density at radius 2 is 2.00 bits per heavy atom. The standard InChI is InChI=1S/C22H27N5O4S2/c1-16-6-7-17(33(29,30)26-10-12-31-13-11-26)15-18(16)22(28)23-19(8-14-32-2)21-25-24-20-5-3-4-9-27(20)21/h3-7,9,15,19H,8,10-14H2,1-2H3,(H,23,28). The van der Waals surface area contributed by atoms with Crippen LogP contribution >= 0.6 is 11.8 Å². The molecule has 1 unspecified atom stereocenters. The average Bonchev–Trinajstić information content (AvgIpc) is 3.26. The quantitative estimate of drug-likeness (QED) is 0.517. The molecule has 0 spiro atoms. The SMILES string of the molecule is CSCCC(NC(=O)c1cc(S(=O)(=O)N2CCOCC2)ccc1C)c1nnc2ccccn12. The van der Waals surface area contributed by atoms with Gasteiger partial charge >= 0.3 is 0 Å². The largest absolute Gasteiger partial charge is 0.379 e. The van der Waals surface area contributed by atoms with Crippen molar-refractivity contribution in [2.24, 2.45) is 0 Å². The van der Waals surface area contributed by atoms with Crippen LogP contribution in [0.5, 0.6) is 0 Å². The van der Waals surface area contributed by atoms with Gasteiger partial charge in [-0.25, -0.2) is 8.42 Å². The van der Waals surface area contributed by atoms with Crippen LogP contribution in [-0.2, 0) is 14.8 Å². The highest BCUT2D eigenvalue weighted by Crippen LogP contribution is 2.23. The first-order valence-electron chi connectivity index (χ1n) is 10.7. The van der Waals surface area contributed by atoms with E-state index in [2.05, 4.69) is 15.5 Å². The molecule has 4 rings (SSSR count). The molecule has 1 fully saturated rings. The number of benzene rings is 1. The number of fused-ring (bicyclic) bond motifs is 1. The van der Waals surface area contributed by atoms with Crippen LogP contribution in [0.15, 0.2) is 47.5 Å². The Hall–Kier alpha value is -2.47. The summed E-state index contributed by atoms with van der Waals surface area (Å²) in [4.78, 5) is 13.4. The number of morpholine rings is 1. The van der Waals surface area contributed by atoms with Gasteiger partial charge in [0, 0.05) is 24.8 Å². The first-order valence-corrected chi connectivity index (χ1v) is 13.5. The number of carbonyl (C=O) groups excluding carboxylic acids is 1. The Balaban J connectivity index is 1.62. The van der Waals surface area contributed by atoms with Crippen LogP contribution in [0.4, 0.5) is 0 Å². The number of nitrogens with one attached hydrogen (secondary N) is 1. The number of nitrogens with zero attached hydrogens (tertiary/aromatic N) is 4. The van der Waals surface area contributed by atoms with Crippen molar-refractivity contribution in [1.82, 2.24) is 24.2 Å². The van der Waals surface area contributed by atoms with Gasteiger partial charge in [0.2, 0.25) is 10.0 Å². The molecule has 1 amide bonds. The molecule has 1 aliphatic rings. The molecule has 1 aromatic carbocycles. The second-order valence-corrected chi connectivity index (χ2v) is 10.7. The van der Waals surface area contributed by atoms with E-state index in [9.17, 15) is 13.2 Å². The van der Waals surface area contributed by atoms with Crippen LogP contribution in [0.3, 0.4) is 0 Å². The fourth-order valence-corrected chi connectivity index (χ4v) is 5.68. The first-order chi connectivity index (χ1) is 15.9. The van der Waals surface area contributed by atoms with Gasteiger partial charge in [-0.3, -0.25) is 9.20 Å². The molecule has 0 aliphatic carbocycles. The minimum absolute atomic E-state index is 0.105. The van der Waals surface area contributed by atoms with E-state index in [1.54, 1.807) is 30.8 Å². The summed E-state index contributed by atoms with van der Waals surface area (Å²) in [6, 6.07) is 9.93. The van der Waals surface area contributed by atoms with Crippen LogP contribution in [0.2, 0.25) is 0 Å². The second kappa shape index (κ2) is 10.2. The summed E-state index contributed by atoms with van der Waals surface area (Å²) >= 11 is 1.68. The Bertz CT molecular complexity index is 1240. The monoisotopic (exact) mass is 489 g/mol. The van der Waals surface area contributed by atoms with Crippen LogP contribution in [0.25, 0.3) is 5.65 Å². The normalized spacial score (nSPS) is 16.1. The minimum atomic E-state index is -3.71. The molecule has 1 aliphatic heterocycles. The molecule has 0 saturated carbocycles. The summed E-state index contributed by atoms with van der Waals surface area (Å²) in [5, 5.41) is 11.6. The van der Waals surface area contributed by atoms with E-state index in [0.29, 0.717) is 55.3 Å². The molecule has 1 N–H and O–H groups in total. The molecule has 1 saturated heterocycles. The van der Waals surface area contributed by atoms with Crippen LogP contribution in [0, 0.1) is 6.92 Å². The van der Waals surface area contributed by atoms with Gasteiger partial charge in [-0.15, -0.1) is 10.2 Å². The molecule has 2 aromatic heterocycles. The molecular weight excluding hydrogens is 462 g/mol. The van der Waals surface area contributed by atoms with Gasteiger partial charge < -0.3 is 10.1 Å². The fourth-order valence-electron chi connectivity index (χ4n) is 3.78. The van der Waals surface area contributed by atoms with Crippen LogP contribution in [-0.4, -0.2) is 71.5 Å². The maximum atomic E-state index is 13.3. The van der Waals surface area contributed by atoms with Gasteiger partial charge in [0.05, 0.1) is 24.2 Å². The summed E-state index contributed by atoms with van der Waals surface area (Å²) < 4.78 is 34.7. The van der Waals surface area contributed by atoms with Crippen molar-refractivity contribution in [1.29, 1.82) is 0 Å². The molecule has 3 heterocycles. The number of ether oxygens (including phenoxy) is 1. The third-order valence-electron chi connectivity index (χ3n) is 5.63. The van der Waals surface area contributed by atoms with Gasteiger partial charge in [0.15, 0.2) is 11.5 Å². The lowest BCUT2D eigenvalue weighted by molar-refractivity contribution is 0.0730. The fraction of sp³-hybridized carbons (Fsp3) is 0.409. The molecule has 33 heavy (non-hydrogen) atoms. The molecular formula is C22H27N5O4S2. The van der Waals surface area contributed by atoms with Crippen molar-refractivity contribution in [3.63, 3.8) is 0 Å². The van der Waals surface area contributed by atoms with Crippen molar-refractivity contribution in [2.75, 3.05) is 38.3 Å². The number of thioether (sulfide) groups is 1. The zero-order valence-corrected chi connectivity index (χ0v) is 20.2. The van der Waals surface area contributed by atoms with E-state index >= 15 is 0 Å². The highest BCUT2D eigenvalue weighted by Gasteiger charge is 2.28. The highest BCUT2D eigenvalue weighted by molar-refractivity contribution is 7.98. The average molecular weight is 490 g/mol. The summed E-state index contributed by atoms with van der Waals surface area (Å²) in [7, 11) is -3.71. The topological polar surface area (TPSA) is 106 Å². The van der Waals surface area contributed by atoms with Crippen LogP contribution in [0.1, 0.15) is 34.2 Å². The van der Waals surface area contributed by atoms with E-state index in [1.165, 1.54) is 10.4 Å². The Morgan fingerprint density at radius 3 is 2.76 bits per heavy atom. The third kappa shape index (κ3) is 5.06. The molecule has 176 valence electrons. The smallest absolute Gasteiger partial charge is 0.252 e. The number of carbonyl (C=O) groups is 1. The predicted octanol–water partition coefficient (Wildman–Crippen LogP) is 2.28. The second-order valence-electron chi connectivity index (χ2n) is 7.79. The number of hydrogen-bond acceptors (Lipinski definition) is 7. The lowest BCUT2D eigenvalue weighted by Gasteiger charge is -2.26. The summed E-state index contributed by atoms with van der Waals surface area (Å²) in [6.45, 7) is 3.12. The van der Waals surface area contributed by atoms with Crippen LogP contribution < -0.4 is 5.32 Å². The number of aromatic nitrogens is 3. The van der Waals surface area contributed by atoms with E-state index in [4.69, 9.17) is 4.74 Å². The third-order valence-corrected chi connectivity index (χ3v) is 8.17. The van der Waals surface area contributed by atoms with E-state index in [0.717, 1.165) is 5.75 Å². The minimum Gasteiger partial charge on any atom is -0.379 e. The predicted molar refractivity (Wildman–Crippen MR) is 127 cm³/mol. The number of hydrogen-bond donors (Lipinski definition) is 1. The summed E-state index contributed by atoms with van der Waals surface area (Å²) in [5.74, 6) is 1.12. The van der Waals surface area contributed by atoms with Crippen molar-refractivity contribution >= 4 is 33.3 Å². The molecule has 0 bridgehead atoms. The maximum Gasteiger partial charge on any atom is 0.252 e. The lowest BCUT2D eigenvalue weighted by atomic mass is 10.1.